The first-order valence-electron chi connectivity index (χ1n) is 7.41. The summed E-state index contributed by atoms with van der Waals surface area (Å²) in [5.41, 5.74) is 2.46. The van der Waals surface area contributed by atoms with Crippen LogP contribution in [0.15, 0.2) is 23.2 Å². The highest BCUT2D eigenvalue weighted by Crippen LogP contribution is 2.38. The predicted octanol–water partition coefficient (Wildman–Crippen LogP) is 4.31. The van der Waals surface area contributed by atoms with Crippen molar-refractivity contribution < 1.29 is 9.31 Å². The molecule has 1 heterocycles. The lowest BCUT2D eigenvalue weighted by Gasteiger charge is -2.32. The highest BCUT2D eigenvalue weighted by molar-refractivity contribution is 6.51. The lowest BCUT2D eigenvalue weighted by atomic mass is 9.79. The molecule has 0 bridgehead atoms. The molecule has 0 N–H and O–H groups in total. The number of rotatable bonds is 2. The third-order valence-electron chi connectivity index (χ3n) is 4.95. The van der Waals surface area contributed by atoms with Gasteiger partial charge in [0.2, 0.25) is 0 Å². The largest absolute Gasteiger partial charge is 0.487 e. The van der Waals surface area contributed by atoms with Crippen LogP contribution in [0.25, 0.3) is 0 Å². The Hall–Kier alpha value is -0.535. The Morgan fingerprint density at radius 3 is 2.32 bits per heavy atom. The molecule has 0 amide bonds. The third kappa shape index (κ3) is 3.14. The summed E-state index contributed by atoms with van der Waals surface area (Å²) in [6.07, 6.45) is 6.01. The van der Waals surface area contributed by atoms with Crippen LogP contribution in [0.2, 0.25) is 0 Å². The van der Waals surface area contributed by atoms with E-state index in [0.29, 0.717) is 5.92 Å². The Morgan fingerprint density at radius 1 is 1.26 bits per heavy atom. The lowest BCUT2D eigenvalue weighted by Crippen LogP contribution is -2.41. The van der Waals surface area contributed by atoms with Crippen molar-refractivity contribution >= 4 is 7.12 Å². The monoisotopic (exact) mass is 262 g/mol. The fourth-order valence-corrected chi connectivity index (χ4v) is 2.69. The van der Waals surface area contributed by atoms with Crippen LogP contribution < -0.4 is 0 Å². The van der Waals surface area contributed by atoms with Gasteiger partial charge in [-0.2, -0.15) is 0 Å². The first-order valence-corrected chi connectivity index (χ1v) is 7.41. The molecule has 19 heavy (non-hydrogen) atoms. The molecule has 106 valence electrons. The van der Waals surface area contributed by atoms with E-state index in [4.69, 9.17) is 9.31 Å². The second kappa shape index (κ2) is 5.10. The summed E-state index contributed by atoms with van der Waals surface area (Å²) < 4.78 is 12.1. The Morgan fingerprint density at radius 2 is 1.84 bits per heavy atom. The summed E-state index contributed by atoms with van der Waals surface area (Å²) >= 11 is 0. The molecule has 0 aromatic heterocycles. The molecule has 2 aliphatic rings. The Kier molecular flexibility index (Phi) is 3.99. The van der Waals surface area contributed by atoms with Gasteiger partial charge in [0.25, 0.3) is 0 Å². The highest BCUT2D eigenvalue weighted by Gasteiger charge is 2.50. The molecule has 0 saturated carbocycles. The van der Waals surface area contributed by atoms with Crippen LogP contribution in [0.1, 0.15) is 60.8 Å². The number of hydrogen-bond donors (Lipinski definition) is 0. The fourth-order valence-electron chi connectivity index (χ4n) is 2.69. The summed E-state index contributed by atoms with van der Waals surface area (Å²) in [5.74, 6) is 2.83. The Bertz CT molecular complexity index is 391. The van der Waals surface area contributed by atoms with Crippen molar-refractivity contribution in [2.75, 3.05) is 0 Å². The van der Waals surface area contributed by atoms with Crippen molar-refractivity contribution in [3.05, 3.63) is 23.2 Å². The molecular weight excluding hydrogens is 235 g/mol. The first-order chi connectivity index (χ1) is 8.71. The molecule has 0 spiro atoms. The molecule has 0 aromatic rings. The van der Waals surface area contributed by atoms with Gasteiger partial charge in [-0.1, -0.05) is 23.2 Å². The zero-order valence-electron chi connectivity index (χ0n) is 13.2. The number of allylic oxidation sites excluding steroid dienone is 3. The van der Waals surface area contributed by atoms with Gasteiger partial charge in [0.1, 0.15) is 0 Å². The van der Waals surface area contributed by atoms with E-state index in [1.807, 2.05) is 0 Å². The predicted molar refractivity (Wildman–Crippen MR) is 80.9 cm³/mol. The zero-order valence-corrected chi connectivity index (χ0v) is 13.2. The molecule has 1 saturated heterocycles. The minimum Gasteiger partial charge on any atom is -0.400 e. The second-order valence-electron chi connectivity index (χ2n) is 7.06. The average Bonchev–Trinajstić information content (AvgIpc) is 2.47. The topological polar surface area (TPSA) is 18.5 Å². The van der Waals surface area contributed by atoms with Crippen LogP contribution in [0.3, 0.4) is 0 Å². The van der Waals surface area contributed by atoms with E-state index in [1.165, 1.54) is 24.0 Å². The van der Waals surface area contributed by atoms with Crippen molar-refractivity contribution in [2.45, 2.75) is 72.0 Å². The van der Waals surface area contributed by atoms with Crippen molar-refractivity contribution in [3.63, 3.8) is 0 Å². The van der Waals surface area contributed by atoms with Crippen molar-refractivity contribution in [2.24, 2.45) is 5.92 Å². The van der Waals surface area contributed by atoms with E-state index in [-0.39, 0.29) is 18.3 Å². The van der Waals surface area contributed by atoms with Gasteiger partial charge in [0.05, 0.1) is 11.2 Å². The lowest BCUT2D eigenvalue weighted by molar-refractivity contribution is 0.00578. The van der Waals surface area contributed by atoms with E-state index in [9.17, 15) is 0 Å². The van der Waals surface area contributed by atoms with Crippen LogP contribution in [0.4, 0.5) is 0 Å². The molecule has 2 rings (SSSR count). The highest BCUT2D eigenvalue weighted by atomic mass is 16.7. The molecule has 1 atom stereocenters. The molecule has 1 aliphatic heterocycles. The maximum atomic E-state index is 6.03. The normalized spacial score (nSPS) is 30.4. The van der Waals surface area contributed by atoms with Gasteiger partial charge in [-0.3, -0.25) is 0 Å². The van der Waals surface area contributed by atoms with E-state index in [2.05, 4.69) is 53.6 Å². The summed E-state index contributed by atoms with van der Waals surface area (Å²) in [4.78, 5) is 0. The van der Waals surface area contributed by atoms with E-state index in [1.54, 1.807) is 0 Å². The van der Waals surface area contributed by atoms with Gasteiger partial charge in [0, 0.05) is 0 Å². The summed E-state index contributed by atoms with van der Waals surface area (Å²) in [6.45, 7) is 12.8. The summed E-state index contributed by atoms with van der Waals surface area (Å²) in [5, 5.41) is 0. The molecule has 1 aliphatic carbocycles. The van der Waals surface area contributed by atoms with Gasteiger partial charge >= 0.3 is 7.12 Å². The van der Waals surface area contributed by atoms with Crippen LogP contribution in [-0.2, 0) is 9.31 Å². The van der Waals surface area contributed by atoms with Crippen LogP contribution >= 0.6 is 0 Å². The van der Waals surface area contributed by atoms with Gasteiger partial charge in [-0.25, -0.2) is 0 Å². The molecule has 0 aromatic carbocycles. The molecule has 0 unspecified atom stereocenters. The van der Waals surface area contributed by atoms with E-state index >= 15 is 0 Å². The van der Waals surface area contributed by atoms with Crippen LogP contribution in [0.5, 0.6) is 0 Å². The molecular formula is C16H27BO2. The zero-order chi connectivity index (χ0) is 14.3. The van der Waals surface area contributed by atoms with Crippen molar-refractivity contribution in [3.8, 4) is 0 Å². The Labute approximate surface area is 118 Å². The maximum absolute atomic E-state index is 6.03. The third-order valence-corrected chi connectivity index (χ3v) is 4.95. The SMILES string of the molecule is CC1=CC[C@H](/C(C)=C/B2OC(C)(C)C(C)(C)O2)CC1. The van der Waals surface area contributed by atoms with Crippen molar-refractivity contribution in [1.82, 2.24) is 0 Å². The van der Waals surface area contributed by atoms with E-state index in [0.717, 1.165) is 6.42 Å². The molecule has 0 radical (unpaired) electrons. The number of hydrogen-bond acceptors (Lipinski definition) is 2. The van der Waals surface area contributed by atoms with Gasteiger partial charge in [0.15, 0.2) is 0 Å². The van der Waals surface area contributed by atoms with Crippen molar-refractivity contribution in [1.29, 1.82) is 0 Å². The van der Waals surface area contributed by atoms with E-state index < -0.39 is 0 Å². The quantitative estimate of drug-likeness (QED) is 0.545. The maximum Gasteiger partial charge on any atom is 0.487 e. The smallest absolute Gasteiger partial charge is 0.400 e. The van der Waals surface area contributed by atoms with Gasteiger partial charge in [-0.15, -0.1) is 0 Å². The standard InChI is InChI=1S/C16H27BO2/c1-12-7-9-14(10-8-12)13(2)11-17-18-15(3,4)16(5,6)19-17/h7,11,14H,8-10H2,1-6H3/b13-11+/t14-/m0/s1. The molecule has 2 nitrogen and oxygen atoms in total. The first kappa shape index (κ1) is 14.9. The minimum atomic E-state index is -0.239. The van der Waals surface area contributed by atoms with Crippen LogP contribution in [-0.4, -0.2) is 18.3 Å². The minimum absolute atomic E-state index is 0.197. The van der Waals surface area contributed by atoms with Gasteiger partial charge < -0.3 is 9.31 Å². The summed E-state index contributed by atoms with van der Waals surface area (Å²) in [6, 6.07) is 0. The summed E-state index contributed by atoms with van der Waals surface area (Å²) in [7, 11) is -0.197. The van der Waals surface area contributed by atoms with Gasteiger partial charge in [-0.05, 0) is 66.7 Å². The molecule has 3 heteroatoms. The fraction of sp³-hybridized carbons (Fsp3) is 0.750. The second-order valence-corrected chi connectivity index (χ2v) is 7.06. The molecule has 1 fully saturated rings. The average molecular weight is 262 g/mol. The Balaban J connectivity index is 2.03. The van der Waals surface area contributed by atoms with Crippen LogP contribution in [0, 0.1) is 5.92 Å².